The van der Waals surface area contributed by atoms with Crippen molar-refractivity contribution in [1.82, 2.24) is 5.32 Å². The van der Waals surface area contributed by atoms with E-state index >= 15 is 0 Å². The summed E-state index contributed by atoms with van der Waals surface area (Å²) in [6, 6.07) is -0.758. The Hall–Kier alpha value is -2.27. The zero-order valence-corrected chi connectivity index (χ0v) is 29.0. The van der Waals surface area contributed by atoms with E-state index in [2.05, 4.69) is 17.2 Å². The van der Waals surface area contributed by atoms with Crippen LogP contribution in [0.3, 0.4) is 0 Å². The third-order valence-corrected chi connectivity index (χ3v) is 10.1. The van der Waals surface area contributed by atoms with Crippen LogP contribution in [0.1, 0.15) is 60.3 Å². The molecular weight excluding hydrogens is 630 g/mol. The van der Waals surface area contributed by atoms with E-state index in [0.717, 1.165) is 12.0 Å². The molecule has 2 saturated heterocycles. The van der Waals surface area contributed by atoms with Gasteiger partial charge in [-0.2, -0.15) is 0 Å². The Kier molecular flexibility index (Phi) is 12.8. The van der Waals surface area contributed by atoms with Gasteiger partial charge in [-0.1, -0.05) is 49.5 Å². The first-order valence-electron chi connectivity index (χ1n) is 16.3. The normalized spacial score (nSPS) is 45.5. The number of rotatable bonds is 8. The SMILES string of the molecule is CO[C@@H]1[C@H](O[C@H]2C[C@@]3(O)CC(=O)O[C@H](/C=C/C=C/C#C[C@H]4C[C@@H]4Cl)C/C(C)=C/[C@@H](OC)[C@@H](C)[C@H](O3)[C@@H]2C)O[C@H](C)[C@H](NC=O)[C@]1(C)O. The van der Waals surface area contributed by atoms with Crippen LogP contribution in [-0.2, 0) is 38.0 Å². The van der Waals surface area contributed by atoms with E-state index in [0.29, 0.717) is 12.8 Å². The molecule has 47 heavy (non-hydrogen) atoms. The monoisotopic (exact) mass is 679 g/mol. The molecule has 1 saturated carbocycles. The average molecular weight is 680 g/mol. The Labute approximate surface area is 283 Å². The number of carbonyl (C=O) groups excluding carboxylic acids is 2. The van der Waals surface area contributed by atoms with Gasteiger partial charge < -0.3 is 44.0 Å². The Morgan fingerprint density at radius 3 is 2.51 bits per heavy atom. The predicted octanol–water partition coefficient (Wildman–Crippen LogP) is 3.16. The average Bonchev–Trinajstić information content (AvgIpc) is 3.70. The van der Waals surface area contributed by atoms with Crippen LogP contribution >= 0.6 is 11.6 Å². The van der Waals surface area contributed by atoms with Gasteiger partial charge in [-0.05, 0) is 39.3 Å². The maximum Gasteiger partial charge on any atom is 0.311 e. The number of cyclic esters (lactones) is 1. The molecule has 1 aliphatic carbocycles. The van der Waals surface area contributed by atoms with Crippen molar-refractivity contribution in [2.75, 3.05) is 14.2 Å². The second kappa shape index (κ2) is 16.0. The van der Waals surface area contributed by atoms with Crippen molar-refractivity contribution in [3.8, 4) is 11.8 Å². The van der Waals surface area contributed by atoms with Crippen LogP contribution < -0.4 is 5.32 Å². The topological polar surface area (TPSA) is 142 Å². The number of amides is 1. The van der Waals surface area contributed by atoms with Gasteiger partial charge in [-0.25, -0.2) is 0 Å². The lowest BCUT2D eigenvalue weighted by atomic mass is 9.79. The largest absolute Gasteiger partial charge is 0.458 e. The minimum absolute atomic E-state index is 0.0755. The highest BCUT2D eigenvalue weighted by molar-refractivity contribution is 6.22. The molecule has 3 N–H and O–H groups in total. The van der Waals surface area contributed by atoms with Gasteiger partial charge in [0.05, 0.1) is 36.9 Å². The molecule has 0 aromatic carbocycles. The molecule has 1 amide bonds. The summed E-state index contributed by atoms with van der Waals surface area (Å²) in [5, 5.41) is 26.0. The molecule has 3 aliphatic heterocycles. The number of allylic oxidation sites excluding steroid dienone is 3. The Morgan fingerprint density at radius 2 is 1.87 bits per heavy atom. The molecule has 0 unspecified atom stereocenters. The number of alkyl halides is 1. The molecule has 2 bridgehead atoms. The molecule has 4 rings (SSSR count). The zero-order chi connectivity index (χ0) is 34.5. The fourth-order valence-corrected chi connectivity index (χ4v) is 7.17. The van der Waals surface area contributed by atoms with Crippen LogP contribution in [0.25, 0.3) is 0 Å². The molecule has 0 aromatic rings. The summed E-state index contributed by atoms with van der Waals surface area (Å²) >= 11 is 6.00. The first kappa shape index (κ1) is 37.5. The number of fused-ring (bicyclic) bond motifs is 2. The lowest BCUT2D eigenvalue weighted by Gasteiger charge is -2.52. The second-order valence-corrected chi connectivity index (χ2v) is 14.1. The molecule has 4 aliphatic rings. The summed E-state index contributed by atoms with van der Waals surface area (Å²) in [4.78, 5) is 24.6. The number of nitrogens with one attached hydrogen (secondary N) is 1. The smallest absolute Gasteiger partial charge is 0.311 e. The van der Waals surface area contributed by atoms with Crippen LogP contribution in [0.2, 0.25) is 0 Å². The predicted molar refractivity (Wildman–Crippen MR) is 174 cm³/mol. The number of aliphatic hydroxyl groups is 2. The van der Waals surface area contributed by atoms with E-state index in [1.165, 1.54) is 7.11 Å². The highest BCUT2D eigenvalue weighted by atomic mass is 35.5. The summed E-state index contributed by atoms with van der Waals surface area (Å²) in [7, 11) is 3.04. The summed E-state index contributed by atoms with van der Waals surface area (Å²) in [6.07, 6.45) is 5.45. The molecule has 262 valence electrons. The van der Waals surface area contributed by atoms with Crippen molar-refractivity contribution in [2.24, 2.45) is 17.8 Å². The van der Waals surface area contributed by atoms with Gasteiger partial charge in [0.25, 0.3) is 0 Å². The molecule has 11 nitrogen and oxygen atoms in total. The Morgan fingerprint density at radius 1 is 1.15 bits per heavy atom. The Balaban J connectivity index is 1.58. The van der Waals surface area contributed by atoms with Gasteiger partial charge in [0, 0.05) is 50.2 Å². The van der Waals surface area contributed by atoms with Crippen molar-refractivity contribution < 1.29 is 48.2 Å². The van der Waals surface area contributed by atoms with Crippen molar-refractivity contribution in [2.45, 2.75) is 126 Å². The molecule has 3 fully saturated rings. The highest BCUT2D eigenvalue weighted by Crippen LogP contribution is 2.42. The number of ether oxygens (including phenoxy) is 6. The van der Waals surface area contributed by atoms with Crippen LogP contribution in [0.15, 0.2) is 36.0 Å². The van der Waals surface area contributed by atoms with Crippen molar-refractivity contribution in [3.63, 3.8) is 0 Å². The Bertz CT molecular complexity index is 1260. The fourth-order valence-electron chi connectivity index (χ4n) is 6.92. The van der Waals surface area contributed by atoms with Crippen LogP contribution in [0.4, 0.5) is 0 Å². The van der Waals surface area contributed by atoms with Gasteiger partial charge in [0.2, 0.25) is 6.41 Å². The molecule has 0 spiro atoms. The minimum Gasteiger partial charge on any atom is -0.458 e. The molecular formula is C35H50ClNO10. The zero-order valence-electron chi connectivity index (χ0n) is 28.3. The van der Waals surface area contributed by atoms with E-state index in [9.17, 15) is 19.8 Å². The summed E-state index contributed by atoms with van der Waals surface area (Å²) < 4.78 is 36.4. The fraction of sp³-hybridized carbons (Fsp3) is 0.714. The van der Waals surface area contributed by atoms with E-state index in [1.807, 2.05) is 26.8 Å². The molecule has 0 aromatic heterocycles. The number of halogens is 1. The van der Waals surface area contributed by atoms with E-state index < -0.39 is 66.6 Å². The first-order valence-corrected chi connectivity index (χ1v) is 16.7. The van der Waals surface area contributed by atoms with Crippen molar-refractivity contribution in [3.05, 3.63) is 36.0 Å². The third kappa shape index (κ3) is 9.25. The number of esters is 1. The number of hydrogen-bond donors (Lipinski definition) is 3. The first-order chi connectivity index (χ1) is 22.2. The van der Waals surface area contributed by atoms with Gasteiger partial charge in [-0.15, -0.1) is 11.6 Å². The quantitative estimate of drug-likeness (QED) is 0.0875. The molecule has 12 heteroatoms. The second-order valence-electron chi connectivity index (χ2n) is 13.5. The van der Waals surface area contributed by atoms with Gasteiger partial charge in [-0.3, -0.25) is 9.59 Å². The number of methoxy groups -OCH3 is 2. The summed E-state index contributed by atoms with van der Waals surface area (Å²) in [5.74, 6) is 3.19. The van der Waals surface area contributed by atoms with Crippen LogP contribution in [0.5, 0.6) is 0 Å². The third-order valence-electron chi connectivity index (χ3n) is 9.64. The number of carbonyl (C=O) groups is 2. The highest BCUT2D eigenvalue weighted by Gasteiger charge is 2.56. The van der Waals surface area contributed by atoms with Gasteiger partial charge >= 0.3 is 5.97 Å². The molecule has 0 radical (unpaired) electrons. The lowest BCUT2D eigenvalue weighted by Crippen LogP contribution is -2.70. The van der Waals surface area contributed by atoms with Crippen molar-refractivity contribution in [1.29, 1.82) is 0 Å². The maximum atomic E-state index is 13.3. The lowest BCUT2D eigenvalue weighted by molar-refractivity contribution is -0.352. The van der Waals surface area contributed by atoms with E-state index in [4.69, 9.17) is 40.0 Å². The maximum absolute atomic E-state index is 13.3. The standard InChI is InChI=1S/C35H50ClNO10/c1-20-14-25(13-11-9-8-10-12-24-16-26(24)36)45-29(39)18-35(41)17-28(22(3)30(47-35)21(2)27(15-20)42-6)46-33-32(43-7)34(5,40)31(37-19-38)23(4)44-33/h8-9,11,13,15,19,21-28,30-33,40-41H,14,16-18H2,1-7H3,(H,37,38)/b9-8+,13-11+,20-15+/t21-,22-,23-,24+,25-,26+,27-,28+,30+,31+,32-,33+,34+,35+/m1/s1. The van der Waals surface area contributed by atoms with Crippen LogP contribution in [-0.4, -0.2) is 103 Å². The molecule has 14 atom stereocenters. The summed E-state index contributed by atoms with van der Waals surface area (Å²) in [5.41, 5.74) is -0.591. The number of hydrogen-bond acceptors (Lipinski definition) is 10. The van der Waals surface area contributed by atoms with E-state index in [-0.39, 0.29) is 35.7 Å². The molecule has 3 heterocycles. The van der Waals surface area contributed by atoms with Gasteiger partial charge in [0.15, 0.2) is 12.1 Å². The van der Waals surface area contributed by atoms with Crippen LogP contribution in [0, 0.1) is 29.6 Å². The minimum atomic E-state index is -1.93. The summed E-state index contributed by atoms with van der Waals surface area (Å²) in [6.45, 7) is 9.14. The van der Waals surface area contributed by atoms with E-state index in [1.54, 1.807) is 45.3 Å². The van der Waals surface area contributed by atoms with Crippen molar-refractivity contribution >= 4 is 24.0 Å². The van der Waals surface area contributed by atoms with Gasteiger partial charge in [0.1, 0.15) is 17.8 Å².